The van der Waals surface area contributed by atoms with Crippen LogP contribution in [0.3, 0.4) is 0 Å². The smallest absolute Gasteiger partial charge is 0.315 e. The van der Waals surface area contributed by atoms with Gasteiger partial charge < -0.3 is 14.9 Å². The van der Waals surface area contributed by atoms with Crippen LogP contribution >= 0.6 is 0 Å². The lowest BCUT2D eigenvalue weighted by Gasteiger charge is -2.22. The molecule has 1 aromatic carbocycles. The summed E-state index contributed by atoms with van der Waals surface area (Å²) >= 11 is 0. The summed E-state index contributed by atoms with van der Waals surface area (Å²) < 4.78 is 4.65. The maximum atomic E-state index is 11.5. The summed E-state index contributed by atoms with van der Waals surface area (Å²) in [6.45, 7) is 7.32. The molecule has 4 heteroatoms. The predicted octanol–water partition coefficient (Wildman–Crippen LogP) is 2.57. The molecule has 0 heterocycles. The van der Waals surface area contributed by atoms with Gasteiger partial charge >= 0.3 is 5.97 Å². The van der Waals surface area contributed by atoms with Gasteiger partial charge in [-0.3, -0.25) is 4.79 Å². The Balaban J connectivity index is 0.00000121. The van der Waals surface area contributed by atoms with E-state index in [1.54, 1.807) is 13.8 Å². The number of methoxy groups -OCH3 is 1. The first-order valence-electron chi connectivity index (χ1n) is 5.50. The van der Waals surface area contributed by atoms with E-state index in [2.05, 4.69) is 4.74 Å². The molecule has 0 unspecified atom stereocenters. The zero-order valence-corrected chi connectivity index (χ0v) is 10.9. The lowest BCUT2D eigenvalue weighted by molar-refractivity contribution is -0.146. The average molecular weight is 240 g/mol. The van der Waals surface area contributed by atoms with Crippen LogP contribution in [0.25, 0.3) is 0 Å². The fraction of sp³-hybridized carbons (Fsp3) is 0.462. The molecule has 0 spiro atoms. The van der Waals surface area contributed by atoms with E-state index in [0.29, 0.717) is 5.56 Å². The summed E-state index contributed by atoms with van der Waals surface area (Å²) in [6, 6.07) is 4.06. The number of rotatable bonds is 2. The molecule has 0 aromatic heterocycles. The number of hydrogen-bond acceptors (Lipinski definition) is 4. The lowest BCUT2D eigenvalue weighted by atomic mass is 9.84. The lowest BCUT2D eigenvalue weighted by Crippen LogP contribution is -2.30. The van der Waals surface area contributed by atoms with Crippen LogP contribution < -0.4 is 0 Å². The first kappa shape index (κ1) is 15.3. The largest absolute Gasteiger partial charge is 0.508 e. The van der Waals surface area contributed by atoms with Gasteiger partial charge in [-0.05, 0) is 31.5 Å². The van der Waals surface area contributed by atoms with Crippen molar-refractivity contribution in [2.45, 2.75) is 33.1 Å². The highest BCUT2D eigenvalue weighted by Gasteiger charge is 2.31. The molecular formula is C13H20O4. The van der Waals surface area contributed by atoms with E-state index in [9.17, 15) is 15.0 Å². The van der Waals surface area contributed by atoms with Crippen molar-refractivity contribution in [1.82, 2.24) is 0 Å². The second-order valence-corrected chi connectivity index (χ2v) is 3.85. The number of phenolic OH excluding ortho intramolecular Hbond substituents is 2. The van der Waals surface area contributed by atoms with Gasteiger partial charge in [0.15, 0.2) is 0 Å². The molecule has 0 bridgehead atoms. The number of phenols is 2. The van der Waals surface area contributed by atoms with Crippen LogP contribution in [-0.2, 0) is 14.9 Å². The third-order valence-corrected chi connectivity index (χ3v) is 2.32. The molecule has 0 amide bonds. The summed E-state index contributed by atoms with van der Waals surface area (Å²) in [7, 11) is 1.30. The fourth-order valence-corrected chi connectivity index (χ4v) is 1.33. The van der Waals surface area contributed by atoms with E-state index >= 15 is 0 Å². The first-order valence-corrected chi connectivity index (χ1v) is 5.50. The normalized spacial score (nSPS) is 10.2. The molecular weight excluding hydrogens is 220 g/mol. The van der Waals surface area contributed by atoms with Gasteiger partial charge in [-0.15, -0.1) is 0 Å². The minimum atomic E-state index is -0.898. The highest BCUT2D eigenvalue weighted by atomic mass is 16.5. The third kappa shape index (κ3) is 3.66. The third-order valence-electron chi connectivity index (χ3n) is 2.32. The zero-order chi connectivity index (χ0) is 13.6. The molecule has 0 fully saturated rings. The molecule has 17 heavy (non-hydrogen) atoms. The quantitative estimate of drug-likeness (QED) is 0.780. The van der Waals surface area contributed by atoms with Crippen molar-refractivity contribution in [3.8, 4) is 11.5 Å². The van der Waals surface area contributed by atoms with Gasteiger partial charge in [-0.2, -0.15) is 0 Å². The second kappa shape index (κ2) is 6.13. The molecule has 1 aromatic rings. The Hall–Kier alpha value is -1.71. The number of ether oxygens (including phenoxy) is 1. The maximum absolute atomic E-state index is 11.5. The van der Waals surface area contributed by atoms with Crippen LogP contribution in [0.5, 0.6) is 11.5 Å². The Kier molecular flexibility index (Phi) is 5.51. The summed E-state index contributed by atoms with van der Waals surface area (Å²) in [4.78, 5) is 11.5. The Bertz CT molecular complexity index is 363. The number of hydrogen-bond donors (Lipinski definition) is 2. The molecule has 4 nitrogen and oxygen atoms in total. The van der Waals surface area contributed by atoms with E-state index < -0.39 is 11.4 Å². The monoisotopic (exact) mass is 240 g/mol. The highest BCUT2D eigenvalue weighted by molar-refractivity contribution is 5.82. The van der Waals surface area contributed by atoms with Crippen LogP contribution in [0.2, 0.25) is 0 Å². The van der Waals surface area contributed by atoms with Crippen molar-refractivity contribution >= 4 is 5.97 Å². The Labute approximate surface area is 102 Å². The number of aromatic hydroxyl groups is 2. The molecule has 0 aliphatic carbocycles. The van der Waals surface area contributed by atoms with Crippen molar-refractivity contribution in [3.05, 3.63) is 23.8 Å². The van der Waals surface area contributed by atoms with Crippen molar-refractivity contribution < 1.29 is 19.7 Å². The molecule has 0 radical (unpaired) electrons. The molecule has 0 atom stereocenters. The molecule has 96 valence electrons. The summed E-state index contributed by atoms with van der Waals surface area (Å²) in [5, 5.41) is 18.6. The minimum Gasteiger partial charge on any atom is -0.508 e. The van der Waals surface area contributed by atoms with Crippen LogP contribution in [0, 0.1) is 0 Å². The fourth-order valence-electron chi connectivity index (χ4n) is 1.33. The Morgan fingerprint density at radius 2 is 1.53 bits per heavy atom. The van der Waals surface area contributed by atoms with E-state index in [1.165, 1.54) is 25.3 Å². The van der Waals surface area contributed by atoms with Crippen LogP contribution in [-0.4, -0.2) is 23.3 Å². The molecule has 0 saturated carbocycles. The van der Waals surface area contributed by atoms with E-state index in [1.807, 2.05) is 13.8 Å². The number of benzene rings is 1. The van der Waals surface area contributed by atoms with E-state index in [-0.39, 0.29) is 11.5 Å². The van der Waals surface area contributed by atoms with Gasteiger partial charge in [0, 0.05) is 6.07 Å². The van der Waals surface area contributed by atoms with Crippen molar-refractivity contribution in [3.63, 3.8) is 0 Å². The van der Waals surface area contributed by atoms with Crippen molar-refractivity contribution in [1.29, 1.82) is 0 Å². The maximum Gasteiger partial charge on any atom is 0.315 e. The van der Waals surface area contributed by atoms with Crippen LogP contribution in [0.4, 0.5) is 0 Å². The summed E-state index contributed by atoms with van der Waals surface area (Å²) in [6.07, 6.45) is 0. The van der Waals surface area contributed by atoms with E-state index in [4.69, 9.17) is 0 Å². The van der Waals surface area contributed by atoms with Crippen LogP contribution in [0.1, 0.15) is 33.3 Å². The molecule has 1 rings (SSSR count). The average Bonchev–Trinajstić information content (AvgIpc) is 2.29. The SMILES string of the molecule is CC.COC(=O)C(C)(C)c1cc(O)cc(O)c1. The van der Waals surface area contributed by atoms with Crippen molar-refractivity contribution in [2.75, 3.05) is 7.11 Å². The topological polar surface area (TPSA) is 66.8 Å². The van der Waals surface area contributed by atoms with Gasteiger partial charge in [-0.25, -0.2) is 0 Å². The predicted molar refractivity (Wildman–Crippen MR) is 66.2 cm³/mol. The standard InChI is InChI=1S/C11H14O4.C2H6/c1-11(2,10(14)15-3)7-4-8(12)6-9(13)5-7;1-2/h4-6,12-13H,1-3H3;1-2H3. The van der Waals surface area contributed by atoms with Gasteiger partial charge in [0.25, 0.3) is 0 Å². The van der Waals surface area contributed by atoms with Crippen LogP contribution in [0.15, 0.2) is 18.2 Å². The molecule has 2 N–H and O–H groups in total. The number of carbonyl (C=O) groups excluding carboxylic acids is 1. The second-order valence-electron chi connectivity index (χ2n) is 3.85. The first-order chi connectivity index (χ1) is 7.87. The van der Waals surface area contributed by atoms with Gasteiger partial charge in [0.2, 0.25) is 0 Å². The summed E-state index contributed by atoms with van der Waals surface area (Å²) in [5.41, 5.74) is -0.392. The molecule has 0 aliphatic heterocycles. The highest BCUT2D eigenvalue weighted by Crippen LogP contribution is 2.30. The summed E-state index contributed by atoms with van der Waals surface area (Å²) in [5.74, 6) is -0.587. The Morgan fingerprint density at radius 1 is 1.12 bits per heavy atom. The van der Waals surface area contributed by atoms with Gasteiger partial charge in [-0.1, -0.05) is 13.8 Å². The van der Waals surface area contributed by atoms with Crippen molar-refractivity contribution in [2.24, 2.45) is 0 Å². The molecule has 0 saturated heterocycles. The van der Waals surface area contributed by atoms with Gasteiger partial charge in [0.1, 0.15) is 11.5 Å². The molecule has 0 aliphatic rings. The minimum absolute atomic E-state index is 0.0815. The zero-order valence-electron chi connectivity index (χ0n) is 10.9. The van der Waals surface area contributed by atoms with E-state index in [0.717, 1.165) is 0 Å². The number of esters is 1. The number of carbonyl (C=O) groups is 1. The Morgan fingerprint density at radius 3 is 1.88 bits per heavy atom. The van der Waals surface area contributed by atoms with Gasteiger partial charge in [0.05, 0.1) is 12.5 Å².